The van der Waals surface area contributed by atoms with Crippen LogP contribution in [-0.2, 0) is 7.05 Å². The third-order valence-corrected chi connectivity index (χ3v) is 4.60. The highest BCUT2D eigenvalue weighted by Gasteiger charge is 2.15. The van der Waals surface area contributed by atoms with Crippen molar-refractivity contribution in [2.24, 2.45) is 7.05 Å². The van der Waals surface area contributed by atoms with Crippen molar-refractivity contribution < 1.29 is 0 Å². The van der Waals surface area contributed by atoms with Crippen LogP contribution in [0.5, 0.6) is 0 Å². The summed E-state index contributed by atoms with van der Waals surface area (Å²) < 4.78 is 3.40. The number of aryl methyl sites for hydroxylation is 1. The Kier molecular flexibility index (Phi) is 3.83. The van der Waals surface area contributed by atoms with Crippen LogP contribution in [0.2, 0.25) is 5.02 Å². The molecule has 0 fully saturated rings. The Bertz CT molecular complexity index is 866. The number of hydrogen-bond donors (Lipinski definition) is 0. The molecule has 3 aromatic rings. The van der Waals surface area contributed by atoms with E-state index in [1.807, 2.05) is 42.5 Å². The van der Waals surface area contributed by atoms with E-state index in [0.717, 1.165) is 27.4 Å². The number of fused-ring (bicyclic) bond motifs is 1. The number of thioether (sulfide) groups is 1. The molecule has 0 unspecified atom stereocenters. The SMILES string of the molecule is CCSc1ccc(Cl)cc1-n1c(=O)n(C)c2ccccc21. The van der Waals surface area contributed by atoms with Crippen molar-refractivity contribution in [2.75, 3.05) is 5.75 Å². The van der Waals surface area contributed by atoms with Crippen LogP contribution in [0, 0.1) is 0 Å². The van der Waals surface area contributed by atoms with E-state index in [4.69, 9.17) is 11.6 Å². The highest BCUT2D eigenvalue weighted by Crippen LogP contribution is 2.30. The maximum Gasteiger partial charge on any atom is 0.333 e. The fourth-order valence-electron chi connectivity index (χ4n) is 2.47. The molecule has 0 spiro atoms. The molecule has 0 aliphatic carbocycles. The zero-order chi connectivity index (χ0) is 15.0. The van der Waals surface area contributed by atoms with Gasteiger partial charge in [-0.1, -0.05) is 30.7 Å². The summed E-state index contributed by atoms with van der Waals surface area (Å²) in [7, 11) is 1.79. The van der Waals surface area contributed by atoms with Gasteiger partial charge < -0.3 is 0 Å². The van der Waals surface area contributed by atoms with Gasteiger partial charge in [0.05, 0.1) is 16.7 Å². The first kappa shape index (κ1) is 14.3. The molecular weight excluding hydrogens is 304 g/mol. The lowest BCUT2D eigenvalue weighted by atomic mass is 10.3. The van der Waals surface area contributed by atoms with Gasteiger partial charge in [-0.05, 0) is 36.1 Å². The van der Waals surface area contributed by atoms with E-state index < -0.39 is 0 Å². The molecule has 0 saturated heterocycles. The van der Waals surface area contributed by atoms with Gasteiger partial charge in [-0.25, -0.2) is 4.79 Å². The highest BCUT2D eigenvalue weighted by molar-refractivity contribution is 7.99. The van der Waals surface area contributed by atoms with E-state index in [-0.39, 0.29) is 5.69 Å². The molecule has 0 bridgehead atoms. The van der Waals surface area contributed by atoms with Crippen molar-refractivity contribution in [3.8, 4) is 5.69 Å². The van der Waals surface area contributed by atoms with Crippen LogP contribution in [0.3, 0.4) is 0 Å². The van der Waals surface area contributed by atoms with Gasteiger partial charge in [-0.2, -0.15) is 0 Å². The van der Waals surface area contributed by atoms with E-state index >= 15 is 0 Å². The Hall–Kier alpha value is -1.65. The van der Waals surface area contributed by atoms with Gasteiger partial charge >= 0.3 is 5.69 Å². The summed E-state index contributed by atoms with van der Waals surface area (Å²) in [5.41, 5.74) is 2.59. The predicted octanol–water partition coefficient (Wildman–Crippen LogP) is 4.09. The van der Waals surface area contributed by atoms with Gasteiger partial charge in [-0.15, -0.1) is 11.8 Å². The number of aromatic nitrogens is 2. The molecule has 0 atom stereocenters. The number of para-hydroxylation sites is 2. The minimum Gasteiger partial charge on any atom is -0.295 e. The van der Waals surface area contributed by atoms with Crippen LogP contribution in [0.25, 0.3) is 16.7 Å². The maximum atomic E-state index is 12.6. The fourth-order valence-corrected chi connectivity index (χ4v) is 3.41. The average Bonchev–Trinajstić information content (AvgIpc) is 2.74. The van der Waals surface area contributed by atoms with Crippen LogP contribution >= 0.6 is 23.4 Å². The van der Waals surface area contributed by atoms with E-state index in [1.54, 1.807) is 27.9 Å². The topological polar surface area (TPSA) is 26.9 Å². The molecule has 1 aromatic heterocycles. The average molecular weight is 319 g/mol. The number of halogens is 1. The van der Waals surface area contributed by atoms with Crippen molar-refractivity contribution >= 4 is 34.4 Å². The first-order valence-corrected chi connectivity index (χ1v) is 8.09. The summed E-state index contributed by atoms with van der Waals surface area (Å²) in [4.78, 5) is 13.7. The summed E-state index contributed by atoms with van der Waals surface area (Å²) in [5, 5.41) is 0.630. The molecule has 0 aliphatic rings. The number of benzene rings is 2. The molecular formula is C16H15ClN2OS. The molecule has 1 heterocycles. The third-order valence-electron chi connectivity index (χ3n) is 3.42. The van der Waals surface area contributed by atoms with Crippen LogP contribution in [0.1, 0.15) is 6.92 Å². The Morgan fingerprint density at radius 3 is 2.57 bits per heavy atom. The summed E-state index contributed by atoms with van der Waals surface area (Å²) >= 11 is 7.85. The summed E-state index contributed by atoms with van der Waals surface area (Å²) in [6, 6.07) is 13.5. The lowest BCUT2D eigenvalue weighted by Crippen LogP contribution is -2.21. The monoisotopic (exact) mass is 318 g/mol. The molecule has 0 amide bonds. The summed E-state index contributed by atoms with van der Waals surface area (Å²) in [5.74, 6) is 0.939. The van der Waals surface area contributed by atoms with Crippen LogP contribution in [0.15, 0.2) is 52.2 Å². The molecule has 0 N–H and O–H groups in total. The van der Waals surface area contributed by atoms with Crippen molar-refractivity contribution in [3.05, 3.63) is 58.0 Å². The van der Waals surface area contributed by atoms with E-state index in [1.165, 1.54) is 0 Å². The second-order valence-corrected chi connectivity index (χ2v) is 6.45. The van der Waals surface area contributed by atoms with Crippen molar-refractivity contribution in [2.45, 2.75) is 11.8 Å². The zero-order valence-corrected chi connectivity index (χ0v) is 13.4. The molecule has 3 nitrogen and oxygen atoms in total. The van der Waals surface area contributed by atoms with Gasteiger partial charge in [0.1, 0.15) is 0 Å². The van der Waals surface area contributed by atoms with Crippen molar-refractivity contribution in [1.29, 1.82) is 0 Å². The molecule has 5 heteroatoms. The largest absolute Gasteiger partial charge is 0.333 e. The predicted molar refractivity (Wildman–Crippen MR) is 89.9 cm³/mol. The zero-order valence-electron chi connectivity index (χ0n) is 11.8. The third kappa shape index (κ3) is 2.39. The van der Waals surface area contributed by atoms with Gasteiger partial charge in [-0.3, -0.25) is 9.13 Å². The van der Waals surface area contributed by atoms with Gasteiger partial charge in [0, 0.05) is 17.0 Å². The van der Waals surface area contributed by atoms with E-state index in [2.05, 4.69) is 6.92 Å². The summed E-state index contributed by atoms with van der Waals surface area (Å²) in [6.07, 6.45) is 0. The molecule has 0 aliphatic heterocycles. The van der Waals surface area contributed by atoms with E-state index in [0.29, 0.717) is 5.02 Å². The Balaban J connectivity index is 2.38. The number of hydrogen-bond acceptors (Lipinski definition) is 2. The smallest absolute Gasteiger partial charge is 0.295 e. The Morgan fingerprint density at radius 2 is 1.86 bits per heavy atom. The van der Waals surface area contributed by atoms with Crippen LogP contribution in [0.4, 0.5) is 0 Å². The summed E-state index contributed by atoms with van der Waals surface area (Å²) in [6.45, 7) is 2.09. The first-order valence-electron chi connectivity index (χ1n) is 6.72. The standard InChI is InChI=1S/C16H15ClN2OS/c1-3-21-15-9-8-11(17)10-14(15)19-13-7-5-4-6-12(13)18(2)16(19)20/h4-10H,3H2,1-2H3. The lowest BCUT2D eigenvalue weighted by molar-refractivity contribution is 0.840. The Labute approximate surface area is 132 Å². The quantitative estimate of drug-likeness (QED) is 0.680. The van der Waals surface area contributed by atoms with Crippen molar-refractivity contribution in [3.63, 3.8) is 0 Å². The normalized spacial score (nSPS) is 11.2. The molecule has 0 radical (unpaired) electrons. The fraction of sp³-hybridized carbons (Fsp3) is 0.188. The number of rotatable bonds is 3. The highest BCUT2D eigenvalue weighted by atomic mass is 35.5. The second-order valence-electron chi connectivity index (χ2n) is 4.71. The van der Waals surface area contributed by atoms with Gasteiger partial charge in [0.15, 0.2) is 0 Å². The molecule has 108 valence electrons. The van der Waals surface area contributed by atoms with Crippen LogP contribution < -0.4 is 5.69 Å². The van der Waals surface area contributed by atoms with Gasteiger partial charge in [0.2, 0.25) is 0 Å². The molecule has 0 saturated carbocycles. The van der Waals surface area contributed by atoms with E-state index in [9.17, 15) is 4.79 Å². The molecule has 3 rings (SSSR count). The molecule has 21 heavy (non-hydrogen) atoms. The Morgan fingerprint density at radius 1 is 1.14 bits per heavy atom. The lowest BCUT2D eigenvalue weighted by Gasteiger charge is -2.10. The van der Waals surface area contributed by atoms with Crippen molar-refractivity contribution in [1.82, 2.24) is 9.13 Å². The minimum absolute atomic E-state index is 0.0589. The maximum absolute atomic E-state index is 12.6. The molecule has 2 aromatic carbocycles. The van der Waals surface area contributed by atoms with Crippen LogP contribution in [-0.4, -0.2) is 14.9 Å². The first-order chi connectivity index (χ1) is 10.1. The second kappa shape index (κ2) is 5.62. The number of nitrogens with zero attached hydrogens (tertiary/aromatic N) is 2. The van der Waals surface area contributed by atoms with Gasteiger partial charge in [0.25, 0.3) is 0 Å². The number of imidazole rings is 1. The minimum atomic E-state index is -0.0589.